The molecule has 0 atom stereocenters. The van der Waals surface area contributed by atoms with Gasteiger partial charge >= 0.3 is 0 Å². The molecule has 1 aromatic carbocycles. The van der Waals surface area contributed by atoms with Gasteiger partial charge < -0.3 is 10.5 Å². The summed E-state index contributed by atoms with van der Waals surface area (Å²) < 4.78 is 18.4. The largest absolute Gasteiger partial charge is 0.437 e. The molecule has 2 rings (SSSR count). The molecule has 0 aliphatic heterocycles. The predicted octanol–water partition coefficient (Wildman–Crippen LogP) is 3.30. The summed E-state index contributed by atoms with van der Waals surface area (Å²) in [4.78, 5) is 4.18. The normalized spacial score (nSPS) is 10.1. The van der Waals surface area contributed by atoms with Gasteiger partial charge in [-0.05, 0) is 30.3 Å². The topological polar surface area (TPSA) is 48.1 Å². The molecule has 0 saturated carbocycles. The Morgan fingerprint density at radius 1 is 1.39 bits per heavy atom. The smallest absolute Gasteiger partial charge is 0.229 e. The number of nitrogens with zero attached hydrogens (tertiary/aromatic N) is 1. The summed E-state index contributed by atoms with van der Waals surface area (Å²) in [5.74, 6) is 0.0794. The van der Waals surface area contributed by atoms with Crippen LogP contribution < -0.4 is 10.5 Å². The van der Waals surface area contributed by atoms with Crippen molar-refractivity contribution in [3.05, 3.63) is 52.9 Å². The SMILES string of the molecule is NC(=S)c1cccnc1Oc1ccc(F)cc1Cl. The molecule has 0 saturated heterocycles. The van der Waals surface area contributed by atoms with Crippen LogP contribution in [0.25, 0.3) is 0 Å². The number of thiocarbonyl (C=S) groups is 1. The molecule has 1 heterocycles. The molecule has 0 amide bonds. The van der Waals surface area contributed by atoms with Gasteiger partial charge in [-0.3, -0.25) is 0 Å². The molecule has 92 valence electrons. The third-order valence-corrected chi connectivity index (χ3v) is 2.65. The highest BCUT2D eigenvalue weighted by molar-refractivity contribution is 7.80. The zero-order chi connectivity index (χ0) is 13.1. The van der Waals surface area contributed by atoms with Crippen LogP contribution in [0.4, 0.5) is 4.39 Å². The van der Waals surface area contributed by atoms with E-state index in [4.69, 9.17) is 34.3 Å². The first-order valence-electron chi connectivity index (χ1n) is 4.95. The summed E-state index contributed by atoms with van der Waals surface area (Å²) in [5.41, 5.74) is 6.04. The first kappa shape index (κ1) is 12.7. The van der Waals surface area contributed by atoms with Gasteiger partial charge in [0.05, 0.1) is 10.6 Å². The average Bonchev–Trinajstić information content (AvgIpc) is 2.33. The molecule has 0 aliphatic carbocycles. The van der Waals surface area contributed by atoms with Crippen LogP contribution in [0.5, 0.6) is 11.6 Å². The fourth-order valence-corrected chi connectivity index (χ4v) is 1.68. The minimum atomic E-state index is -0.442. The van der Waals surface area contributed by atoms with E-state index >= 15 is 0 Å². The van der Waals surface area contributed by atoms with Gasteiger partial charge in [-0.25, -0.2) is 9.37 Å². The van der Waals surface area contributed by atoms with Crippen LogP contribution in [-0.2, 0) is 0 Å². The Morgan fingerprint density at radius 3 is 2.83 bits per heavy atom. The monoisotopic (exact) mass is 282 g/mol. The number of hydrogen-bond donors (Lipinski definition) is 1. The first-order chi connectivity index (χ1) is 8.58. The van der Waals surface area contributed by atoms with E-state index in [1.165, 1.54) is 18.3 Å². The van der Waals surface area contributed by atoms with E-state index in [9.17, 15) is 4.39 Å². The lowest BCUT2D eigenvalue weighted by atomic mass is 10.2. The standard InChI is InChI=1S/C12H8ClFN2OS/c13-9-6-7(14)3-4-10(9)17-12-8(11(15)18)2-1-5-16-12/h1-6H,(H2,15,18). The Morgan fingerprint density at radius 2 is 2.17 bits per heavy atom. The Kier molecular flexibility index (Phi) is 3.74. The maximum atomic E-state index is 12.9. The maximum Gasteiger partial charge on any atom is 0.229 e. The molecule has 1 aromatic heterocycles. The lowest BCUT2D eigenvalue weighted by Gasteiger charge is -2.09. The Hall–Kier alpha value is -1.72. The molecule has 0 unspecified atom stereocenters. The Balaban J connectivity index is 2.37. The van der Waals surface area contributed by atoms with Crippen LogP contribution in [0.2, 0.25) is 5.02 Å². The molecule has 6 heteroatoms. The number of aromatic nitrogens is 1. The third kappa shape index (κ3) is 2.75. The second-order valence-electron chi connectivity index (χ2n) is 3.40. The summed E-state index contributed by atoms with van der Waals surface area (Å²) in [6, 6.07) is 7.18. The molecule has 0 radical (unpaired) electrons. The van der Waals surface area contributed by atoms with Crippen molar-refractivity contribution in [2.45, 2.75) is 0 Å². The molecule has 0 aliphatic rings. The van der Waals surface area contributed by atoms with Crippen LogP contribution in [0.15, 0.2) is 36.5 Å². The van der Waals surface area contributed by atoms with E-state index in [1.807, 2.05) is 0 Å². The van der Waals surface area contributed by atoms with Gasteiger partial charge in [0.15, 0.2) is 0 Å². The third-order valence-electron chi connectivity index (χ3n) is 2.14. The van der Waals surface area contributed by atoms with E-state index in [2.05, 4.69) is 4.98 Å². The lowest BCUT2D eigenvalue weighted by Crippen LogP contribution is -2.11. The highest BCUT2D eigenvalue weighted by Gasteiger charge is 2.10. The van der Waals surface area contributed by atoms with E-state index in [-0.39, 0.29) is 21.6 Å². The van der Waals surface area contributed by atoms with Gasteiger partial charge in [-0.1, -0.05) is 23.8 Å². The highest BCUT2D eigenvalue weighted by Crippen LogP contribution is 2.30. The van der Waals surface area contributed by atoms with Gasteiger partial charge in [-0.15, -0.1) is 0 Å². The van der Waals surface area contributed by atoms with E-state index in [0.29, 0.717) is 5.56 Å². The van der Waals surface area contributed by atoms with Gasteiger partial charge in [0.25, 0.3) is 0 Å². The minimum Gasteiger partial charge on any atom is -0.437 e. The molecule has 2 N–H and O–H groups in total. The van der Waals surface area contributed by atoms with Crippen molar-refractivity contribution in [3.63, 3.8) is 0 Å². The van der Waals surface area contributed by atoms with Crippen molar-refractivity contribution in [1.29, 1.82) is 0 Å². The van der Waals surface area contributed by atoms with Crippen LogP contribution in [0.3, 0.4) is 0 Å². The van der Waals surface area contributed by atoms with E-state index < -0.39 is 5.82 Å². The van der Waals surface area contributed by atoms with Crippen molar-refractivity contribution < 1.29 is 9.13 Å². The number of ether oxygens (including phenoxy) is 1. The van der Waals surface area contributed by atoms with E-state index in [0.717, 1.165) is 6.07 Å². The zero-order valence-electron chi connectivity index (χ0n) is 9.06. The fourth-order valence-electron chi connectivity index (χ4n) is 1.32. The van der Waals surface area contributed by atoms with Crippen LogP contribution in [-0.4, -0.2) is 9.97 Å². The molecule has 0 bridgehead atoms. The van der Waals surface area contributed by atoms with Crippen LogP contribution in [0.1, 0.15) is 5.56 Å². The number of hydrogen-bond acceptors (Lipinski definition) is 3. The Labute approximate surface area is 113 Å². The van der Waals surface area contributed by atoms with Gasteiger partial charge in [0.1, 0.15) is 16.6 Å². The zero-order valence-corrected chi connectivity index (χ0v) is 10.6. The van der Waals surface area contributed by atoms with E-state index in [1.54, 1.807) is 12.1 Å². The predicted molar refractivity (Wildman–Crippen MR) is 71.6 cm³/mol. The van der Waals surface area contributed by atoms with Crippen molar-refractivity contribution in [2.75, 3.05) is 0 Å². The van der Waals surface area contributed by atoms with Crippen LogP contribution in [0, 0.1) is 5.82 Å². The molecule has 2 aromatic rings. The minimum absolute atomic E-state index is 0.148. The van der Waals surface area contributed by atoms with Crippen LogP contribution >= 0.6 is 23.8 Å². The number of benzene rings is 1. The van der Waals surface area contributed by atoms with Crippen molar-refractivity contribution in [3.8, 4) is 11.6 Å². The molecular weight excluding hydrogens is 275 g/mol. The summed E-state index contributed by atoms with van der Waals surface area (Å²) in [5, 5.41) is 0.148. The van der Waals surface area contributed by atoms with Gasteiger partial charge in [0, 0.05) is 6.20 Å². The lowest BCUT2D eigenvalue weighted by molar-refractivity contribution is 0.460. The van der Waals surface area contributed by atoms with Gasteiger partial charge in [0.2, 0.25) is 5.88 Å². The summed E-state index contributed by atoms with van der Waals surface area (Å²) in [6.07, 6.45) is 1.54. The van der Waals surface area contributed by atoms with Crippen molar-refractivity contribution in [1.82, 2.24) is 4.98 Å². The quantitative estimate of drug-likeness (QED) is 0.878. The molecule has 3 nitrogen and oxygen atoms in total. The molecule has 18 heavy (non-hydrogen) atoms. The second-order valence-corrected chi connectivity index (χ2v) is 4.24. The second kappa shape index (κ2) is 5.29. The van der Waals surface area contributed by atoms with Crippen molar-refractivity contribution >= 4 is 28.8 Å². The van der Waals surface area contributed by atoms with Gasteiger partial charge in [-0.2, -0.15) is 0 Å². The summed E-state index contributed by atoms with van der Waals surface area (Å²) in [6.45, 7) is 0. The highest BCUT2D eigenvalue weighted by atomic mass is 35.5. The Bertz CT molecular complexity index is 606. The summed E-state index contributed by atoms with van der Waals surface area (Å²) >= 11 is 10.7. The van der Waals surface area contributed by atoms with Crippen molar-refractivity contribution in [2.24, 2.45) is 5.73 Å². The maximum absolute atomic E-state index is 12.9. The first-order valence-corrected chi connectivity index (χ1v) is 5.74. The molecule has 0 fully saturated rings. The molecule has 0 spiro atoms. The molecular formula is C12H8ClFN2OS. The number of rotatable bonds is 3. The summed E-state index contributed by atoms with van der Waals surface area (Å²) in [7, 11) is 0. The average molecular weight is 283 g/mol. The number of nitrogens with two attached hydrogens (primary N) is 1. The number of pyridine rings is 1. The number of halogens is 2. The fraction of sp³-hybridized carbons (Fsp3) is 0.